The fourth-order valence-corrected chi connectivity index (χ4v) is 9.33. The summed E-state index contributed by atoms with van der Waals surface area (Å²) in [4.78, 5) is 12.5. The van der Waals surface area contributed by atoms with E-state index < -0.39 is 12.1 Å². The van der Waals surface area contributed by atoms with Crippen molar-refractivity contribution in [2.75, 3.05) is 6.61 Å². The lowest BCUT2D eigenvalue weighted by Crippen LogP contribution is -2.45. The Hall–Kier alpha value is -1.39. The van der Waals surface area contributed by atoms with E-state index in [0.717, 1.165) is 38.5 Å². The molecule has 0 saturated carbocycles. The highest BCUT2D eigenvalue weighted by molar-refractivity contribution is 5.76. The molecule has 0 bridgehead atoms. The Balaban J connectivity index is 3.51. The molecule has 65 heavy (non-hydrogen) atoms. The highest BCUT2D eigenvalue weighted by Crippen LogP contribution is 2.18. The molecule has 0 heterocycles. The summed E-state index contributed by atoms with van der Waals surface area (Å²) >= 11 is 0. The number of rotatable bonds is 55. The Morgan fingerprint density at radius 3 is 0.892 bits per heavy atom. The average molecular weight is 913 g/mol. The Morgan fingerprint density at radius 2 is 0.600 bits per heavy atom. The van der Waals surface area contributed by atoms with Gasteiger partial charge in [-0.05, 0) is 44.9 Å². The van der Waals surface area contributed by atoms with Crippen molar-refractivity contribution >= 4 is 5.91 Å². The average Bonchev–Trinajstić information content (AvgIpc) is 3.31. The second kappa shape index (κ2) is 56.9. The standard InChI is InChI=1S/C61H117NO3/c1-3-5-7-9-11-13-15-17-19-21-23-25-27-29-31-32-34-36-38-40-42-44-46-48-50-52-54-56-60(64)59(58-63)62-61(65)57-55-53-51-49-47-45-43-41-39-37-35-33-30-28-26-24-22-20-18-16-14-12-10-8-6-4-2/h38,40,46,48,54,56,59-60,63-64H,3-37,39,41-45,47,49-53,55,57-58H2,1-2H3,(H,62,65)/b40-38+,48-46+,56-54+. The highest BCUT2D eigenvalue weighted by Gasteiger charge is 2.18. The van der Waals surface area contributed by atoms with Crippen molar-refractivity contribution in [2.24, 2.45) is 0 Å². The first-order valence-electron chi connectivity index (χ1n) is 29.7. The number of carbonyl (C=O) groups excluding carboxylic acids is 1. The van der Waals surface area contributed by atoms with Gasteiger partial charge in [0, 0.05) is 6.42 Å². The smallest absolute Gasteiger partial charge is 0.220 e. The summed E-state index contributed by atoms with van der Waals surface area (Å²) in [6.45, 7) is 4.33. The van der Waals surface area contributed by atoms with Gasteiger partial charge in [0.25, 0.3) is 0 Å². The van der Waals surface area contributed by atoms with Gasteiger partial charge in [-0.25, -0.2) is 0 Å². The zero-order valence-corrected chi connectivity index (χ0v) is 44.3. The molecule has 0 radical (unpaired) electrons. The van der Waals surface area contributed by atoms with Gasteiger partial charge in [0.15, 0.2) is 0 Å². The zero-order valence-electron chi connectivity index (χ0n) is 44.3. The van der Waals surface area contributed by atoms with Crippen LogP contribution in [0.2, 0.25) is 0 Å². The molecule has 2 atom stereocenters. The number of aliphatic hydroxyl groups is 2. The maximum Gasteiger partial charge on any atom is 0.220 e. The summed E-state index contributed by atoms with van der Waals surface area (Å²) in [6.07, 6.45) is 77.6. The summed E-state index contributed by atoms with van der Waals surface area (Å²) in [5.41, 5.74) is 0. The van der Waals surface area contributed by atoms with Gasteiger partial charge in [0.05, 0.1) is 18.8 Å². The Kier molecular flexibility index (Phi) is 55.7. The molecule has 0 aliphatic heterocycles. The summed E-state index contributed by atoms with van der Waals surface area (Å²) in [6, 6.07) is -0.644. The van der Waals surface area contributed by atoms with Crippen LogP contribution < -0.4 is 5.32 Å². The zero-order chi connectivity index (χ0) is 47.0. The number of nitrogens with one attached hydrogen (secondary N) is 1. The van der Waals surface area contributed by atoms with Gasteiger partial charge in [0.2, 0.25) is 5.91 Å². The molecule has 4 nitrogen and oxygen atoms in total. The van der Waals surface area contributed by atoms with E-state index in [4.69, 9.17) is 0 Å². The quantitative estimate of drug-likeness (QED) is 0.0421. The van der Waals surface area contributed by atoms with E-state index in [9.17, 15) is 15.0 Å². The summed E-state index contributed by atoms with van der Waals surface area (Å²) < 4.78 is 0. The van der Waals surface area contributed by atoms with Gasteiger partial charge in [0.1, 0.15) is 0 Å². The molecule has 0 aliphatic carbocycles. The van der Waals surface area contributed by atoms with E-state index in [0.29, 0.717) is 6.42 Å². The van der Waals surface area contributed by atoms with Crippen molar-refractivity contribution in [3.63, 3.8) is 0 Å². The van der Waals surface area contributed by atoms with Gasteiger partial charge in [-0.3, -0.25) is 4.79 Å². The molecule has 3 N–H and O–H groups in total. The number of aliphatic hydroxyl groups excluding tert-OH is 2. The summed E-state index contributed by atoms with van der Waals surface area (Å²) in [7, 11) is 0. The molecule has 2 unspecified atom stereocenters. The third-order valence-corrected chi connectivity index (χ3v) is 13.9. The highest BCUT2D eigenvalue weighted by atomic mass is 16.3. The van der Waals surface area contributed by atoms with E-state index in [-0.39, 0.29) is 12.5 Å². The maximum atomic E-state index is 12.5. The van der Waals surface area contributed by atoms with Gasteiger partial charge < -0.3 is 15.5 Å². The first-order valence-corrected chi connectivity index (χ1v) is 29.7. The van der Waals surface area contributed by atoms with Crippen molar-refractivity contribution in [1.82, 2.24) is 5.32 Å². The minimum atomic E-state index is -0.869. The molecule has 384 valence electrons. The van der Waals surface area contributed by atoms with Crippen molar-refractivity contribution < 1.29 is 15.0 Å². The number of carbonyl (C=O) groups is 1. The van der Waals surface area contributed by atoms with Crippen LogP contribution in [0, 0.1) is 0 Å². The van der Waals surface area contributed by atoms with Crippen molar-refractivity contribution in [3.8, 4) is 0 Å². The Morgan fingerprint density at radius 1 is 0.354 bits per heavy atom. The number of unbranched alkanes of at least 4 members (excludes halogenated alkanes) is 44. The largest absolute Gasteiger partial charge is 0.394 e. The molecule has 0 rings (SSSR count). The minimum absolute atomic E-state index is 0.0713. The molecule has 0 aromatic rings. The van der Waals surface area contributed by atoms with E-state index in [1.54, 1.807) is 6.08 Å². The second-order valence-electron chi connectivity index (χ2n) is 20.4. The Bertz CT molecular complexity index is 989. The molecule has 1 amide bonds. The van der Waals surface area contributed by atoms with Crippen molar-refractivity contribution in [2.45, 2.75) is 341 Å². The van der Waals surface area contributed by atoms with E-state index in [1.807, 2.05) is 6.08 Å². The number of allylic oxidation sites excluding steroid dienone is 5. The molecule has 0 fully saturated rings. The molecule has 0 aromatic heterocycles. The molecule has 0 aliphatic rings. The van der Waals surface area contributed by atoms with Crippen molar-refractivity contribution in [1.29, 1.82) is 0 Å². The van der Waals surface area contributed by atoms with Crippen LogP contribution in [0.1, 0.15) is 328 Å². The fourth-order valence-electron chi connectivity index (χ4n) is 9.33. The van der Waals surface area contributed by atoms with Gasteiger partial charge in [-0.1, -0.05) is 314 Å². The third-order valence-electron chi connectivity index (χ3n) is 13.9. The third kappa shape index (κ3) is 53.4. The van der Waals surface area contributed by atoms with Gasteiger partial charge in [-0.15, -0.1) is 0 Å². The van der Waals surface area contributed by atoms with E-state index in [2.05, 4.69) is 43.5 Å². The first kappa shape index (κ1) is 63.6. The number of amides is 1. The van der Waals surface area contributed by atoms with E-state index >= 15 is 0 Å². The predicted molar refractivity (Wildman–Crippen MR) is 290 cm³/mol. The normalized spacial score (nSPS) is 13.0. The van der Waals surface area contributed by atoms with Crippen LogP contribution in [-0.2, 0) is 4.79 Å². The molecule has 0 aromatic carbocycles. The van der Waals surface area contributed by atoms with Crippen LogP contribution in [0.3, 0.4) is 0 Å². The van der Waals surface area contributed by atoms with Crippen LogP contribution in [0.15, 0.2) is 36.5 Å². The van der Waals surface area contributed by atoms with Crippen LogP contribution in [-0.4, -0.2) is 34.9 Å². The Labute approximate surface area is 408 Å². The van der Waals surface area contributed by atoms with Gasteiger partial charge in [-0.2, -0.15) is 0 Å². The molecular weight excluding hydrogens is 795 g/mol. The van der Waals surface area contributed by atoms with Gasteiger partial charge >= 0.3 is 0 Å². The van der Waals surface area contributed by atoms with Crippen molar-refractivity contribution in [3.05, 3.63) is 36.5 Å². The predicted octanol–water partition coefficient (Wildman–Crippen LogP) is 19.6. The van der Waals surface area contributed by atoms with E-state index in [1.165, 1.54) is 270 Å². The number of hydrogen-bond donors (Lipinski definition) is 3. The molecule has 0 spiro atoms. The lowest BCUT2D eigenvalue weighted by molar-refractivity contribution is -0.123. The number of hydrogen-bond acceptors (Lipinski definition) is 3. The lowest BCUT2D eigenvalue weighted by atomic mass is 10.0. The van der Waals surface area contributed by atoms with Crippen LogP contribution in [0.5, 0.6) is 0 Å². The first-order chi connectivity index (χ1) is 32.2. The minimum Gasteiger partial charge on any atom is -0.394 e. The monoisotopic (exact) mass is 912 g/mol. The topological polar surface area (TPSA) is 69.6 Å². The lowest BCUT2D eigenvalue weighted by Gasteiger charge is -2.19. The molecular formula is C61H117NO3. The molecule has 0 saturated heterocycles. The second-order valence-corrected chi connectivity index (χ2v) is 20.4. The SMILES string of the molecule is CCCCCCCCCCCCCCCCCCC/C=C/CC/C=C/CC/C=C/C(O)C(CO)NC(=O)CCCCCCCCCCCCCCCCCCCCCCCCCCCC. The fraction of sp³-hybridized carbons (Fsp3) is 0.885. The van der Waals surface area contributed by atoms with Crippen LogP contribution in [0.25, 0.3) is 0 Å². The maximum absolute atomic E-state index is 12.5. The molecule has 4 heteroatoms. The van der Waals surface area contributed by atoms with Crippen LogP contribution >= 0.6 is 0 Å². The summed E-state index contributed by atoms with van der Waals surface area (Å²) in [5.74, 6) is -0.0713. The van der Waals surface area contributed by atoms with Crippen LogP contribution in [0.4, 0.5) is 0 Å². The summed E-state index contributed by atoms with van der Waals surface area (Å²) in [5, 5.41) is 23.2.